The van der Waals surface area contributed by atoms with Crippen LogP contribution < -0.4 is 5.32 Å². The Labute approximate surface area is 146 Å². The third kappa shape index (κ3) is 5.42. The van der Waals surface area contributed by atoms with Crippen LogP contribution in [0.25, 0.3) is 0 Å². The molecule has 1 amide bonds. The molecule has 0 bridgehead atoms. The van der Waals surface area contributed by atoms with Crippen LogP contribution >= 0.6 is 0 Å². The molecule has 2 aromatic carbocycles. The molecular weight excluding hydrogens is 320 g/mol. The number of benzene rings is 2. The van der Waals surface area contributed by atoms with Gasteiger partial charge in [-0.1, -0.05) is 5.22 Å². The maximum Gasteiger partial charge on any atom is 0.338 e. The molecule has 0 radical (unpaired) electrons. The van der Waals surface area contributed by atoms with Crippen LogP contribution in [0.1, 0.15) is 27.6 Å². The van der Waals surface area contributed by atoms with Crippen molar-refractivity contribution in [2.45, 2.75) is 6.92 Å². The first kappa shape index (κ1) is 18.1. The number of rotatable bonds is 6. The molecule has 2 rings (SSSR count). The summed E-state index contributed by atoms with van der Waals surface area (Å²) in [7, 11) is 3.55. The average molecular weight is 340 g/mol. The number of amides is 1. The van der Waals surface area contributed by atoms with Crippen molar-refractivity contribution in [2.75, 3.05) is 26.0 Å². The predicted octanol–water partition coefficient (Wildman–Crippen LogP) is 3.68. The highest BCUT2D eigenvalue weighted by Gasteiger charge is 2.08. The van der Waals surface area contributed by atoms with E-state index in [-0.39, 0.29) is 11.9 Å². The van der Waals surface area contributed by atoms with Gasteiger partial charge in [-0.25, -0.2) is 4.79 Å². The van der Waals surface area contributed by atoms with Gasteiger partial charge in [-0.05, 0) is 55.5 Å². The maximum atomic E-state index is 12.2. The second kappa shape index (κ2) is 8.58. The van der Waals surface area contributed by atoms with Crippen molar-refractivity contribution >= 4 is 23.3 Å². The van der Waals surface area contributed by atoms with Gasteiger partial charge in [-0.15, -0.1) is 5.11 Å². The predicted molar refractivity (Wildman–Crippen MR) is 95.0 cm³/mol. The Kier molecular flexibility index (Phi) is 6.22. The number of carbonyl (C=O) groups excluding carboxylic acids is 2. The summed E-state index contributed by atoms with van der Waals surface area (Å²) >= 11 is 0. The maximum absolute atomic E-state index is 12.2. The van der Waals surface area contributed by atoms with Crippen LogP contribution in [0.5, 0.6) is 0 Å². The van der Waals surface area contributed by atoms with E-state index in [2.05, 4.69) is 15.7 Å². The molecule has 25 heavy (non-hydrogen) atoms. The smallest absolute Gasteiger partial charge is 0.338 e. The third-order valence-corrected chi connectivity index (χ3v) is 3.12. The molecule has 2 aromatic rings. The molecule has 0 heterocycles. The number of anilines is 1. The van der Waals surface area contributed by atoms with Gasteiger partial charge >= 0.3 is 5.97 Å². The van der Waals surface area contributed by atoms with Gasteiger partial charge < -0.3 is 10.1 Å². The van der Waals surface area contributed by atoms with Gasteiger partial charge in [0.25, 0.3) is 5.91 Å². The largest absolute Gasteiger partial charge is 0.462 e. The summed E-state index contributed by atoms with van der Waals surface area (Å²) in [6.45, 7) is 2.07. The molecule has 130 valence electrons. The standard InChI is InChI=1S/C18H20N4O3/c1-4-25-18(24)14-7-9-15(10-8-14)19-17(23)13-5-11-16(12-6-13)20-21-22(2)3/h5-12H,4H2,1-3H3,(H,19,23). The Morgan fingerprint density at radius 1 is 1.00 bits per heavy atom. The molecule has 0 aliphatic rings. The van der Waals surface area contributed by atoms with Crippen molar-refractivity contribution in [3.05, 3.63) is 59.7 Å². The Morgan fingerprint density at radius 2 is 1.60 bits per heavy atom. The van der Waals surface area contributed by atoms with E-state index >= 15 is 0 Å². The molecular formula is C18H20N4O3. The normalized spacial score (nSPS) is 10.5. The second-order valence-electron chi connectivity index (χ2n) is 5.34. The van der Waals surface area contributed by atoms with E-state index in [4.69, 9.17) is 4.74 Å². The molecule has 0 aromatic heterocycles. The minimum Gasteiger partial charge on any atom is -0.462 e. The first-order valence-corrected chi connectivity index (χ1v) is 7.77. The number of hydrogen-bond donors (Lipinski definition) is 1. The van der Waals surface area contributed by atoms with Crippen molar-refractivity contribution in [2.24, 2.45) is 10.3 Å². The van der Waals surface area contributed by atoms with E-state index < -0.39 is 0 Å². The minimum atomic E-state index is -0.386. The quantitative estimate of drug-likeness (QED) is 0.494. The van der Waals surface area contributed by atoms with Crippen molar-refractivity contribution in [1.82, 2.24) is 5.01 Å². The van der Waals surface area contributed by atoms with Crippen LogP contribution in [0, 0.1) is 0 Å². The van der Waals surface area contributed by atoms with Crippen LogP contribution in [-0.4, -0.2) is 37.6 Å². The molecule has 0 saturated carbocycles. The number of esters is 1. The molecule has 0 fully saturated rings. The zero-order valence-corrected chi connectivity index (χ0v) is 14.4. The van der Waals surface area contributed by atoms with E-state index in [1.54, 1.807) is 74.6 Å². The van der Waals surface area contributed by atoms with Crippen molar-refractivity contribution in [3.63, 3.8) is 0 Å². The van der Waals surface area contributed by atoms with Gasteiger partial charge in [0.15, 0.2) is 0 Å². The summed E-state index contributed by atoms with van der Waals surface area (Å²) in [6, 6.07) is 13.3. The van der Waals surface area contributed by atoms with Crippen LogP contribution in [0.15, 0.2) is 58.9 Å². The molecule has 0 spiro atoms. The van der Waals surface area contributed by atoms with Crippen LogP contribution in [0.2, 0.25) is 0 Å². The van der Waals surface area contributed by atoms with Gasteiger partial charge in [-0.2, -0.15) is 0 Å². The first-order valence-electron chi connectivity index (χ1n) is 7.77. The van der Waals surface area contributed by atoms with Gasteiger partial charge in [0.05, 0.1) is 17.9 Å². The third-order valence-electron chi connectivity index (χ3n) is 3.12. The van der Waals surface area contributed by atoms with E-state index in [1.807, 2.05) is 0 Å². The summed E-state index contributed by atoms with van der Waals surface area (Å²) in [4.78, 5) is 23.8. The number of nitrogens with one attached hydrogen (secondary N) is 1. The molecule has 0 unspecified atom stereocenters. The van der Waals surface area contributed by atoms with E-state index in [0.717, 1.165) is 0 Å². The molecule has 1 N–H and O–H groups in total. The lowest BCUT2D eigenvalue weighted by atomic mass is 10.1. The summed E-state index contributed by atoms with van der Waals surface area (Å²) in [6.07, 6.45) is 0. The molecule has 7 heteroatoms. The van der Waals surface area contributed by atoms with Gasteiger partial charge in [0, 0.05) is 25.3 Å². The molecule has 0 saturated heterocycles. The lowest BCUT2D eigenvalue weighted by Gasteiger charge is -2.07. The Balaban J connectivity index is 2.00. The highest BCUT2D eigenvalue weighted by Crippen LogP contribution is 2.16. The second-order valence-corrected chi connectivity index (χ2v) is 5.34. The monoisotopic (exact) mass is 340 g/mol. The fraction of sp³-hybridized carbons (Fsp3) is 0.222. The van der Waals surface area contributed by atoms with Crippen molar-refractivity contribution in [3.8, 4) is 0 Å². The fourth-order valence-electron chi connectivity index (χ4n) is 1.93. The zero-order chi connectivity index (χ0) is 18.2. The lowest BCUT2D eigenvalue weighted by Crippen LogP contribution is -2.12. The number of nitrogens with zero attached hydrogens (tertiary/aromatic N) is 3. The molecule has 0 aliphatic carbocycles. The van der Waals surface area contributed by atoms with Gasteiger partial charge in [-0.3, -0.25) is 9.80 Å². The Morgan fingerprint density at radius 3 is 2.16 bits per heavy atom. The van der Waals surface area contributed by atoms with E-state index in [1.165, 1.54) is 0 Å². The topological polar surface area (TPSA) is 83.4 Å². The Bertz CT molecular complexity index is 753. The lowest BCUT2D eigenvalue weighted by molar-refractivity contribution is 0.0526. The first-order chi connectivity index (χ1) is 12.0. The average Bonchev–Trinajstić information content (AvgIpc) is 2.61. The Hall–Kier alpha value is -3.22. The molecule has 7 nitrogen and oxygen atoms in total. The van der Waals surface area contributed by atoms with Crippen LogP contribution in [0.4, 0.5) is 11.4 Å². The highest BCUT2D eigenvalue weighted by atomic mass is 16.5. The summed E-state index contributed by atoms with van der Waals surface area (Å²) in [5, 5.41) is 12.3. The SMILES string of the molecule is CCOC(=O)c1ccc(NC(=O)c2ccc(N=NN(C)C)cc2)cc1. The number of hydrogen-bond acceptors (Lipinski definition) is 5. The number of ether oxygens (including phenoxy) is 1. The van der Waals surface area contributed by atoms with Crippen molar-refractivity contribution < 1.29 is 14.3 Å². The van der Waals surface area contributed by atoms with Gasteiger partial charge in [0.1, 0.15) is 0 Å². The summed E-state index contributed by atoms with van der Waals surface area (Å²) in [5.41, 5.74) is 2.19. The minimum absolute atomic E-state index is 0.250. The van der Waals surface area contributed by atoms with Gasteiger partial charge in [0.2, 0.25) is 0 Å². The zero-order valence-electron chi connectivity index (χ0n) is 14.4. The fourth-order valence-corrected chi connectivity index (χ4v) is 1.93. The van der Waals surface area contributed by atoms with Crippen LogP contribution in [-0.2, 0) is 4.74 Å². The number of carbonyl (C=O) groups is 2. The summed E-state index contributed by atoms with van der Waals surface area (Å²) in [5.74, 6) is -0.636. The molecule has 0 aliphatic heterocycles. The van der Waals surface area contributed by atoms with E-state index in [0.29, 0.717) is 29.1 Å². The van der Waals surface area contributed by atoms with E-state index in [9.17, 15) is 9.59 Å². The molecule has 0 atom stereocenters. The van der Waals surface area contributed by atoms with Crippen molar-refractivity contribution in [1.29, 1.82) is 0 Å². The highest BCUT2D eigenvalue weighted by molar-refractivity contribution is 6.04. The van der Waals surface area contributed by atoms with Crippen LogP contribution in [0.3, 0.4) is 0 Å². The summed E-state index contributed by atoms with van der Waals surface area (Å²) < 4.78 is 4.92.